The van der Waals surface area contributed by atoms with Gasteiger partial charge < -0.3 is 10.0 Å². The molecule has 2 heterocycles. The Morgan fingerprint density at radius 3 is 2.64 bits per heavy atom. The highest BCUT2D eigenvalue weighted by Crippen LogP contribution is 2.17. The van der Waals surface area contributed by atoms with Crippen LogP contribution in [0.1, 0.15) is 12.8 Å². The predicted octanol–water partition coefficient (Wildman–Crippen LogP) is 1.18. The highest BCUT2D eigenvalue weighted by molar-refractivity contribution is 5.76. The zero-order chi connectivity index (χ0) is 15.4. The van der Waals surface area contributed by atoms with Crippen LogP contribution in [-0.4, -0.2) is 50.6 Å². The highest BCUT2D eigenvalue weighted by Gasteiger charge is 2.22. The molecule has 6 nitrogen and oxygen atoms in total. The van der Waals surface area contributed by atoms with Crippen LogP contribution >= 0.6 is 0 Å². The van der Waals surface area contributed by atoms with Gasteiger partial charge in [-0.05, 0) is 18.8 Å². The van der Waals surface area contributed by atoms with Gasteiger partial charge in [-0.1, -0.05) is 35.5 Å². The summed E-state index contributed by atoms with van der Waals surface area (Å²) in [6, 6.07) is 9.79. The molecule has 6 heteroatoms. The minimum absolute atomic E-state index is 0.0564. The van der Waals surface area contributed by atoms with Crippen LogP contribution in [0.15, 0.2) is 36.5 Å². The number of aliphatic hydroxyl groups is 1. The van der Waals surface area contributed by atoms with Crippen LogP contribution in [0.4, 0.5) is 0 Å². The molecule has 0 unspecified atom stereocenters. The van der Waals surface area contributed by atoms with E-state index in [4.69, 9.17) is 5.11 Å². The van der Waals surface area contributed by atoms with Crippen molar-refractivity contribution in [2.24, 2.45) is 5.92 Å². The first-order chi connectivity index (χ1) is 10.8. The Morgan fingerprint density at radius 1 is 1.23 bits per heavy atom. The standard InChI is InChI=1S/C16H20N4O2/c21-12-13-6-8-19(9-7-13)16(22)11-20-10-15(17-18-20)14-4-2-1-3-5-14/h1-5,10,13,21H,6-9,11-12H2. The van der Waals surface area contributed by atoms with E-state index in [9.17, 15) is 4.79 Å². The third kappa shape index (κ3) is 3.33. The van der Waals surface area contributed by atoms with Gasteiger partial charge in [0.2, 0.25) is 5.91 Å². The zero-order valence-electron chi connectivity index (χ0n) is 12.4. The average Bonchev–Trinajstić information content (AvgIpc) is 3.04. The van der Waals surface area contributed by atoms with Crippen LogP contribution in [0.5, 0.6) is 0 Å². The lowest BCUT2D eigenvalue weighted by atomic mass is 9.98. The van der Waals surface area contributed by atoms with Crippen molar-refractivity contribution in [1.82, 2.24) is 19.9 Å². The smallest absolute Gasteiger partial charge is 0.244 e. The summed E-state index contributed by atoms with van der Waals surface area (Å²) in [6.45, 7) is 1.85. The molecule has 1 amide bonds. The van der Waals surface area contributed by atoms with Crippen LogP contribution in [0.3, 0.4) is 0 Å². The van der Waals surface area contributed by atoms with E-state index in [1.54, 1.807) is 10.9 Å². The molecule has 0 atom stereocenters. The lowest BCUT2D eigenvalue weighted by Gasteiger charge is -2.31. The molecule has 3 rings (SSSR count). The molecule has 1 N–H and O–H groups in total. The molecule has 0 aliphatic carbocycles. The summed E-state index contributed by atoms with van der Waals surface area (Å²) in [5, 5.41) is 17.3. The van der Waals surface area contributed by atoms with Crippen LogP contribution in [0, 0.1) is 5.92 Å². The van der Waals surface area contributed by atoms with E-state index in [1.165, 1.54) is 0 Å². The quantitative estimate of drug-likeness (QED) is 0.920. The Hall–Kier alpha value is -2.21. The van der Waals surface area contributed by atoms with E-state index in [1.807, 2.05) is 35.2 Å². The monoisotopic (exact) mass is 300 g/mol. The third-order valence-corrected chi connectivity index (χ3v) is 4.13. The second kappa shape index (κ2) is 6.70. The number of carbonyl (C=O) groups excluding carboxylic acids is 1. The van der Waals surface area contributed by atoms with Gasteiger partial charge >= 0.3 is 0 Å². The SMILES string of the molecule is O=C(Cn1cc(-c2ccccc2)nn1)N1CCC(CO)CC1. The Kier molecular flexibility index (Phi) is 4.48. The number of hydrogen-bond acceptors (Lipinski definition) is 4. The van der Waals surface area contributed by atoms with E-state index in [0.717, 1.165) is 24.1 Å². The fourth-order valence-electron chi connectivity index (χ4n) is 2.72. The number of amides is 1. The summed E-state index contributed by atoms with van der Waals surface area (Å²) < 4.78 is 1.59. The Labute approximate surface area is 129 Å². The number of hydrogen-bond donors (Lipinski definition) is 1. The van der Waals surface area contributed by atoms with Crippen LogP contribution in [-0.2, 0) is 11.3 Å². The molecular formula is C16H20N4O2. The average molecular weight is 300 g/mol. The van der Waals surface area contributed by atoms with Crippen LogP contribution in [0.2, 0.25) is 0 Å². The molecule has 1 aromatic heterocycles. The van der Waals surface area contributed by atoms with Gasteiger partial charge in [-0.25, -0.2) is 4.68 Å². The van der Waals surface area contributed by atoms with Gasteiger partial charge in [0.15, 0.2) is 0 Å². The predicted molar refractivity (Wildman–Crippen MR) is 81.8 cm³/mol. The zero-order valence-corrected chi connectivity index (χ0v) is 12.4. The van der Waals surface area contributed by atoms with Crippen molar-refractivity contribution in [2.45, 2.75) is 19.4 Å². The van der Waals surface area contributed by atoms with Crippen LogP contribution < -0.4 is 0 Å². The van der Waals surface area contributed by atoms with E-state index in [2.05, 4.69) is 10.3 Å². The number of aromatic nitrogens is 3. The number of benzene rings is 1. The van der Waals surface area contributed by atoms with Crippen molar-refractivity contribution < 1.29 is 9.90 Å². The van der Waals surface area contributed by atoms with Crippen molar-refractivity contribution in [3.05, 3.63) is 36.5 Å². The van der Waals surface area contributed by atoms with Gasteiger partial charge in [-0.15, -0.1) is 5.10 Å². The molecule has 2 aromatic rings. The molecule has 0 bridgehead atoms. The maximum Gasteiger partial charge on any atom is 0.244 e. The molecule has 1 aliphatic rings. The fourth-order valence-corrected chi connectivity index (χ4v) is 2.72. The molecule has 1 aromatic carbocycles. The molecule has 1 fully saturated rings. The van der Waals surface area contributed by atoms with E-state index in [-0.39, 0.29) is 19.1 Å². The maximum absolute atomic E-state index is 12.3. The first kappa shape index (κ1) is 14.7. The molecular weight excluding hydrogens is 280 g/mol. The molecule has 0 spiro atoms. The lowest BCUT2D eigenvalue weighted by molar-refractivity contribution is -0.133. The van der Waals surface area contributed by atoms with Gasteiger partial charge in [-0.3, -0.25) is 4.79 Å². The van der Waals surface area contributed by atoms with Crippen molar-refractivity contribution in [3.63, 3.8) is 0 Å². The van der Waals surface area contributed by atoms with E-state index < -0.39 is 0 Å². The summed E-state index contributed by atoms with van der Waals surface area (Å²) >= 11 is 0. The van der Waals surface area contributed by atoms with Crippen molar-refractivity contribution in [1.29, 1.82) is 0 Å². The molecule has 0 saturated carbocycles. The Balaban J connectivity index is 1.60. The molecule has 116 valence electrons. The fraction of sp³-hybridized carbons (Fsp3) is 0.438. The third-order valence-electron chi connectivity index (χ3n) is 4.13. The normalized spacial score (nSPS) is 16.0. The van der Waals surface area contributed by atoms with Crippen molar-refractivity contribution in [3.8, 4) is 11.3 Å². The van der Waals surface area contributed by atoms with Crippen molar-refractivity contribution in [2.75, 3.05) is 19.7 Å². The second-order valence-corrected chi connectivity index (χ2v) is 5.67. The highest BCUT2D eigenvalue weighted by atomic mass is 16.3. The number of aliphatic hydroxyl groups excluding tert-OH is 1. The Morgan fingerprint density at radius 2 is 1.95 bits per heavy atom. The van der Waals surface area contributed by atoms with Crippen LogP contribution in [0.25, 0.3) is 11.3 Å². The summed E-state index contributed by atoms with van der Waals surface area (Å²) in [5.74, 6) is 0.390. The largest absolute Gasteiger partial charge is 0.396 e. The van der Waals surface area contributed by atoms with E-state index >= 15 is 0 Å². The summed E-state index contributed by atoms with van der Waals surface area (Å²) in [4.78, 5) is 14.1. The van der Waals surface area contributed by atoms with Gasteiger partial charge in [0.1, 0.15) is 12.2 Å². The first-order valence-corrected chi connectivity index (χ1v) is 7.60. The summed E-state index contributed by atoms with van der Waals surface area (Å²) in [7, 11) is 0. The number of carbonyl (C=O) groups is 1. The number of likely N-dealkylation sites (tertiary alicyclic amines) is 1. The number of nitrogens with zero attached hydrogens (tertiary/aromatic N) is 4. The van der Waals surface area contributed by atoms with Gasteiger partial charge in [-0.2, -0.15) is 0 Å². The first-order valence-electron chi connectivity index (χ1n) is 7.60. The minimum atomic E-state index is 0.0564. The maximum atomic E-state index is 12.3. The minimum Gasteiger partial charge on any atom is -0.396 e. The topological polar surface area (TPSA) is 71.2 Å². The summed E-state index contributed by atoms with van der Waals surface area (Å²) in [5.41, 5.74) is 1.76. The molecule has 0 radical (unpaired) electrons. The van der Waals surface area contributed by atoms with Crippen molar-refractivity contribution >= 4 is 5.91 Å². The Bertz CT molecular complexity index is 618. The molecule has 1 saturated heterocycles. The second-order valence-electron chi connectivity index (χ2n) is 5.67. The van der Waals surface area contributed by atoms with Gasteiger partial charge in [0.25, 0.3) is 0 Å². The van der Waals surface area contributed by atoms with Gasteiger partial charge in [0.05, 0.1) is 6.20 Å². The number of rotatable bonds is 4. The van der Waals surface area contributed by atoms with Gasteiger partial charge in [0, 0.05) is 25.3 Å². The molecule has 22 heavy (non-hydrogen) atoms. The molecule has 1 aliphatic heterocycles. The summed E-state index contributed by atoms with van der Waals surface area (Å²) in [6.07, 6.45) is 3.54. The lowest BCUT2D eigenvalue weighted by Crippen LogP contribution is -2.40. The van der Waals surface area contributed by atoms with E-state index in [0.29, 0.717) is 19.0 Å². The number of piperidine rings is 1.